The predicted molar refractivity (Wildman–Crippen MR) is 209 cm³/mol. The normalized spacial score (nSPS) is 18.7. The van der Waals surface area contributed by atoms with Crippen LogP contribution in [0.5, 0.6) is 5.75 Å². The van der Waals surface area contributed by atoms with Crippen molar-refractivity contribution < 1.29 is 58.0 Å². The third-order valence-electron chi connectivity index (χ3n) is 9.19. The molecule has 1 aromatic heterocycles. The molecular formula is C42H42N2O12S. The number of hydrogen-bond donors (Lipinski definition) is 4. The van der Waals surface area contributed by atoms with Gasteiger partial charge < -0.3 is 24.4 Å². The summed E-state index contributed by atoms with van der Waals surface area (Å²) in [5, 5.41) is 28.6. The monoisotopic (exact) mass is 798 g/mol. The molecule has 0 spiro atoms. The molecule has 1 heterocycles. The first-order valence-electron chi connectivity index (χ1n) is 17.7. The largest absolute Gasteiger partial charge is 0.481 e. The molecule has 57 heavy (non-hydrogen) atoms. The molecule has 1 saturated carbocycles. The number of carbonyl (C=O) groups excluding carboxylic acids is 5. The second-order valence-electron chi connectivity index (χ2n) is 15.5. The molecule has 4 aromatic rings. The number of ether oxygens (including phenoxy) is 3. The smallest absolute Gasteiger partial charge is 0.412 e. The zero-order valence-electron chi connectivity index (χ0n) is 32.0. The Kier molecular flexibility index (Phi) is 11.7. The van der Waals surface area contributed by atoms with E-state index in [9.17, 15) is 43.8 Å². The Morgan fingerprint density at radius 3 is 1.40 bits per heavy atom. The first-order chi connectivity index (χ1) is 26.6. The maximum Gasteiger partial charge on any atom is 0.412 e. The lowest BCUT2D eigenvalue weighted by molar-refractivity contribution is -0.153. The van der Waals surface area contributed by atoms with Crippen LogP contribution >= 0.6 is 11.3 Å². The fourth-order valence-corrected chi connectivity index (χ4v) is 7.38. The van der Waals surface area contributed by atoms with Gasteiger partial charge in [0.1, 0.15) is 32.7 Å². The molecule has 0 saturated heterocycles. The Labute approximate surface area is 332 Å². The van der Waals surface area contributed by atoms with E-state index in [-0.39, 0.29) is 33.8 Å². The Hall–Kier alpha value is -6.35. The summed E-state index contributed by atoms with van der Waals surface area (Å²) < 4.78 is 15.9. The van der Waals surface area contributed by atoms with Gasteiger partial charge in [-0.3, -0.25) is 29.8 Å². The van der Waals surface area contributed by atoms with Crippen molar-refractivity contribution in [2.45, 2.75) is 71.5 Å². The minimum absolute atomic E-state index is 0.0329. The van der Waals surface area contributed by atoms with E-state index < -0.39 is 82.5 Å². The van der Waals surface area contributed by atoms with Gasteiger partial charge in [0, 0.05) is 41.3 Å². The van der Waals surface area contributed by atoms with E-state index in [0.717, 1.165) is 0 Å². The predicted octanol–water partition coefficient (Wildman–Crippen LogP) is 8.45. The van der Waals surface area contributed by atoms with E-state index in [1.807, 2.05) is 0 Å². The SMILES string of the molecule is CC(C)(C)OC(=O)Nc1ccc(C(=O)CC2(C(=O)O)C(c3ccc(OC(=O)c4cccs4)cc3)C2(CC(=O)c2ccc(NC(=O)OC(C)(C)C)cc2)C(=O)O)cc1. The maximum absolute atomic E-state index is 13.9. The average molecular weight is 799 g/mol. The van der Waals surface area contributed by atoms with Crippen LogP contribution in [0.1, 0.15) is 96.3 Å². The van der Waals surface area contributed by atoms with Gasteiger partial charge in [-0.1, -0.05) is 18.2 Å². The molecule has 2 atom stereocenters. The molecule has 0 radical (unpaired) electrons. The van der Waals surface area contributed by atoms with Crippen molar-refractivity contribution in [2.24, 2.45) is 10.8 Å². The molecule has 2 amide bonds. The van der Waals surface area contributed by atoms with Crippen molar-refractivity contribution in [1.82, 2.24) is 0 Å². The van der Waals surface area contributed by atoms with Crippen LogP contribution in [-0.4, -0.2) is 63.1 Å². The molecule has 5 rings (SSSR count). The molecule has 15 heteroatoms. The minimum Gasteiger partial charge on any atom is -0.481 e. The molecule has 4 N–H and O–H groups in total. The number of ketones is 2. The summed E-state index contributed by atoms with van der Waals surface area (Å²) in [5.74, 6) is -6.57. The van der Waals surface area contributed by atoms with E-state index in [4.69, 9.17) is 14.2 Å². The summed E-state index contributed by atoms with van der Waals surface area (Å²) in [6.07, 6.45) is -3.08. The Balaban J connectivity index is 1.47. The lowest BCUT2D eigenvalue weighted by atomic mass is 9.82. The second-order valence-corrected chi connectivity index (χ2v) is 16.5. The second kappa shape index (κ2) is 16.0. The lowest BCUT2D eigenvalue weighted by Gasteiger charge is -2.20. The topological polar surface area (TPSA) is 212 Å². The van der Waals surface area contributed by atoms with E-state index in [1.54, 1.807) is 59.1 Å². The van der Waals surface area contributed by atoms with E-state index in [1.165, 1.54) is 84.1 Å². The first kappa shape index (κ1) is 41.8. The van der Waals surface area contributed by atoms with Crippen molar-refractivity contribution in [2.75, 3.05) is 10.6 Å². The van der Waals surface area contributed by atoms with Crippen LogP contribution in [0.4, 0.5) is 21.0 Å². The summed E-state index contributed by atoms with van der Waals surface area (Å²) >= 11 is 1.17. The van der Waals surface area contributed by atoms with Gasteiger partial charge in [-0.2, -0.15) is 0 Å². The number of carboxylic acid groups (broad SMARTS) is 2. The molecule has 298 valence electrons. The fraction of sp³-hybridized carbons (Fsp3) is 0.310. The van der Waals surface area contributed by atoms with Crippen LogP contribution in [0.25, 0.3) is 0 Å². The Morgan fingerprint density at radius 1 is 0.632 bits per heavy atom. The van der Waals surface area contributed by atoms with Crippen molar-refractivity contribution in [3.8, 4) is 5.75 Å². The molecule has 14 nitrogen and oxygen atoms in total. The number of benzene rings is 3. The van der Waals surface area contributed by atoms with Crippen LogP contribution in [0.15, 0.2) is 90.3 Å². The number of nitrogens with one attached hydrogen (secondary N) is 2. The van der Waals surface area contributed by atoms with Gasteiger partial charge in [-0.15, -0.1) is 11.3 Å². The van der Waals surface area contributed by atoms with Gasteiger partial charge in [0.25, 0.3) is 0 Å². The molecule has 0 bridgehead atoms. The van der Waals surface area contributed by atoms with Crippen molar-refractivity contribution in [3.63, 3.8) is 0 Å². The van der Waals surface area contributed by atoms with Crippen LogP contribution in [0.2, 0.25) is 0 Å². The summed E-state index contributed by atoms with van der Waals surface area (Å²) in [5.41, 5.74) is -5.32. The summed E-state index contributed by atoms with van der Waals surface area (Å²) in [6, 6.07) is 20.0. The Morgan fingerprint density at radius 2 is 1.05 bits per heavy atom. The molecular weight excluding hydrogens is 757 g/mol. The van der Waals surface area contributed by atoms with E-state index >= 15 is 0 Å². The highest BCUT2D eigenvalue weighted by atomic mass is 32.1. The van der Waals surface area contributed by atoms with Crippen LogP contribution in [0, 0.1) is 10.8 Å². The number of esters is 1. The van der Waals surface area contributed by atoms with E-state index in [0.29, 0.717) is 4.88 Å². The average Bonchev–Trinajstić information content (AvgIpc) is 3.38. The minimum atomic E-state index is -2.31. The number of hydrogen-bond acceptors (Lipinski definition) is 11. The van der Waals surface area contributed by atoms with Gasteiger partial charge in [-0.25, -0.2) is 14.4 Å². The molecule has 1 aliphatic carbocycles. The molecule has 2 unspecified atom stereocenters. The van der Waals surface area contributed by atoms with Crippen LogP contribution in [-0.2, 0) is 19.1 Å². The number of rotatable bonds is 13. The number of thiophene rings is 1. The zero-order chi connectivity index (χ0) is 41.9. The number of carbonyl (C=O) groups is 7. The zero-order valence-corrected chi connectivity index (χ0v) is 32.9. The third kappa shape index (κ3) is 9.38. The summed E-state index contributed by atoms with van der Waals surface area (Å²) in [6.45, 7) is 10.2. The summed E-state index contributed by atoms with van der Waals surface area (Å²) in [4.78, 5) is 92.1. The third-order valence-corrected chi connectivity index (χ3v) is 10.0. The summed E-state index contributed by atoms with van der Waals surface area (Å²) in [7, 11) is 0. The number of amides is 2. The molecule has 1 aliphatic rings. The Bertz CT molecular complexity index is 2070. The van der Waals surface area contributed by atoms with Crippen molar-refractivity contribution in [1.29, 1.82) is 0 Å². The number of anilines is 2. The van der Waals surface area contributed by atoms with Gasteiger partial charge in [-0.05, 0) is 119 Å². The first-order valence-corrected chi connectivity index (χ1v) is 18.6. The molecule has 0 aliphatic heterocycles. The van der Waals surface area contributed by atoms with Crippen LogP contribution in [0.3, 0.4) is 0 Å². The maximum atomic E-state index is 13.9. The number of Topliss-reactive ketones (excluding diaryl/α,β-unsaturated/α-hetero) is 2. The van der Waals surface area contributed by atoms with Crippen LogP contribution < -0.4 is 15.4 Å². The highest BCUT2D eigenvalue weighted by Crippen LogP contribution is 2.78. The van der Waals surface area contributed by atoms with Gasteiger partial charge >= 0.3 is 30.1 Å². The van der Waals surface area contributed by atoms with Gasteiger partial charge in [0.05, 0.1) is 0 Å². The van der Waals surface area contributed by atoms with Crippen molar-refractivity contribution >= 4 is 64.4 Å². The highest BCUT2D eigenvalue weighted by molar-refractivity contribution is 7.12. The highest BCUT2D eigenvalue weighted by Gasteiger charge is 2.85. The standard InChI is InChI=1S/C42H42N2O12S/c1-39(2,3)55-37(52)43-27-15-9-24(10-16-27)30(45)22-41(35(48)49)33(26-13-19-29(20-14-26)54-34(47)32-8-7-21-57-32)42(41,36(50)51)23-31(46)25-11-17-28(18-12-25)44-38(53)56-40(4,5)6/h7-21,33H,22-23H2,1-6H3,(H,43,52)(H,44,53)(H,48,49)(H,50,51). The molecule has 3 aromatic carbocycles. The quantitative estimate of drug-likeness (QED) is 0.0570. The number of aliphatic carboxylic acids is 2. The lowest BCUT2D eigenvalue weighted by Crippen LogP contribution is -2.33. The van der Waals surface area contributed by atoms with Gasteiger partial charge in [0.15, 0.2) is 11.6 Å². The molecule has 1 fully saturated rings. The van der Waals surface area contributed by atoms with E-state index in [2.05, 4.69) is 10.6 Å². The van der Waals surface area contributed by atoms with Gasteiger partial charge in [0.2, 0.25) is 0 Å². The number of carboxylic acids is 2. The van der Waals surface area contributed by atoms with Crippen molar-refractivity contribution in [3.05, 3.63) is 112 Å². The fourth-order valence-electron chi connectivity index (χ4n) is 6.78.